The number of thioether (sulfide) groups is 1. The van der Waals surface area contributed by atoms with Gasteiger partial charge >= 0.3 is 0 Å². The van der Waals surface area contributed by atoms with E-state index in [0.29, 0.717) is 31.6 Å². The number of rotatable bonds is 9. The maximum Gasteiger partial charge on any atom is 0.232 e. The summed E-state index contributed by atoms with van der Waals surface area (Å²) in [6, 6.07) is 7.37. The maximum absolute atomic E-state index is 12.0. The molecule has 0 heterocycles. The van der Waals surface area contributed by atoms with Crippen LogP contribution < -0.4 is 9.62 Å². The Hall–Kier alpha value is -1.21. The minimum Gasteiger partial charge on any atom is -0.355 e. The average Bonchev–Trinajstić information content (AvgIpc) is 2.46. The fourth-order valence-electron chi connectivity index (χ4n) is 2.29. The van der Waals surface area contributed by atoms with Gasteiger partial charge in [-0.05, 0) is 31.0 Å². The Bertz CT molecular complexity index is 667. The van der Waals surface area contributed by atoms with E-state index in [1.54, 1.807) is 17.8 Å². The Morgan fingerprint density at radius 2 is 1.96 bits per heavy atom. The van der Waals surface area contributed by atoms with Gasteiger partial charge in [0.25, 0.3) is 0 Å². The Balaban J connectivity index is 2.47. The molecule has 7 heteroatoms. The molecule has 142 valence electrons. The minimum absolute atomic E-state index is 0.0350. The molecule has 0 atom stereocenters. The van der Waals surface area contributed by atoms with Gasteiger partial charge in [0.2, 0.25) is 15.9 Å². The van der Waals surface area contributed by atoms with Gasteiger partial charge in [-0.15, -0.1) is 0 Å². The SMILES string of the molecule is Cc1cccc(N(CCCC(=O)NCCSC(C)(C)C)S(C)(=O)=O)c1. The van der Waals surface area contributed by atoms with Crippen molar-refractivity contribution in [2.45, 2.75) is 45.3 Å². The standard InChI is InChI=1S/C18H30N2O3S2/c1-15-8-6-9-16(14-15)20(25(5,22)23)12-7-10-17(21)19-11-13-24-18(2,3)4/h6,8-9,14H,7,10-13H2,1-5H3,(H,19,21). The number of hydrogen-bond donors (Lipinski definition) is 1. The van der Waals surface area contributed by atoms with Crippen molar-refractivity contribution < 1.29 is 13.2 Å². The molecule has 0 fully saturated rings. The van der Waals surface area contributed by atoms with Crippen LogP contribution in [-0.4, -0.2) is 44.2 Å². The highest BCUT2D eigenvalue weighted by Gasteiger charge is 2.17. The van der Waals surface area contributed by atoms with Crippen LogP contribution in [0.2, 0.25) is 0 Å². The number of benzene rings is 1. The summed E-state index contributed by atoms with van der Waals surface area (Å²) >= 11 is 1.80. The third-order valence-electron chi connectivity index (χ3n) is 3.41. The van der Waals surface area contributed by atoms with Gasteiger partial charge < -0.3 is 5.32 Å². The summed E-state index contributed by atoms with van der Waals surface area (Å²) in [4.78, 5) is 11.9. The largest absolute Gasteiger partial charge is 0.355 e. The number of amides is 1. The van der Waals surface area contributed by atoms with Gasteiger partial charge in [0.1, 0.15) is 0 Å². The third kappa shape index (κ3) is 9.16. The predicted molar refractivity (Wildman–Crippen MR) is 108 cm³/mol. The molecule has 0 unspecified atom stereocenters. The first-order valence-corrected chi connectivity index (χ1v) is 11.3. The van der Waals surface area contributed by atoms with E-state index in [4.69, 9.17) is 0 Å². The van der Waals surface area contributed by atoms with Gasteiger partial charge in [-0.1, -0.05) is 32.9 Å². The van der Waals surface area contributed by atoms with E-state index in [9.17, 15) is 13.2 Å². The quantitative estimate of drug-likeness (QED) is 0.662. The molecule has 25 heavy (non-hydrogen) atoms. The van der Waals surface area contributed by atoms with Crippen molar-refractivity contribution in [1.82, 2.24) is 5.32 Å². The van der Waals surface area contributed by atoms with Crippen LogP contribution in [-0.2, 0) is 14.8 Å². The second-order valence-electron chi connectivity index (χ2n) is 7.09. The molecule has 0 aromatic heterocycles. The summed E-state index contributed by atoms with van der Waals surface area (Å²) in [6.07, 6.45) is 2.00. The highest BCUT2D eigenvalue weighted by atomic mass is 32.2. The number of hydrogen-bond acceptors (Lipinski definition) is 4. The number of nitrogens with zero attached hydrogens (tertiary/aromatic N) is 1. The summed E-state index contributed by atoms with van der Waals surface area (Å²) in [5.74, 6) is 0.834. The first-order valence-electron chi connectivity index (χ1n) is 8.44. The van der Waals surface area contributed by atoms with Crippen molar-refractivity contribution in [3.05, 3.63) is 29.8 Å². The molecule has 0 bridgehead atoms. The van der Waals surface area contributed by atoms with Crippen LogP contribution in [0.5, 0.6) is 0 Å². The van der Waals surface area contributed by atoms with Crippen molar-refractivity contribution in [3.63, 3.8) is 0 Å². The van der Waals surface area contributed by atoms with Crippen molar-refractivity contribution in [2.24, 2.45) is 0 Å². The fraction of sp³-hybridized carbons (Fsp3) is 0.611. The lowest BCUT2D eigenvalue weighted by Gasteiger charge is -2.22. The highest BCUT2D eigenvalue weighted by Crippen LogP contribution is 2.22. The number of nitrogens with one attached hydrogen (secondary N) is 1. The molecule has 1 amide bonds. The van der Waals surface area contributed by atoms with Crippen molar-refractivity contribution in [2.75, 3.05) is 29.4 Å². The van der Waals surface area contributed by atoms with Crippen LogP contribution in [0.1, 0.15) is 39.2 Å². The Labute approximate surface area is 156 Å². The topological polar surface area (TPSA) is 66.5 Å². The molecule has 1 rings (SSSR count). The zero-order chi connectivity index (χ0) is 19.1. The molecule has 1 aromatic carbocycles. The summed E-state index contributed by atoms with van der Waals surface area (Å²) in [6.45, 7) is 9.29. The van der Waals surface area contributed by atoms with Crippen LogP contribution in [0.25, 0.3) is 0 Å². The molecule has 0 radical (unpaired) electrons. The number of carbonyl (C=O) groups is 1. The number of aryl methyl sites for hydroxylation is 1. The van der Waals surface area contributed by atoms with Crippen molar-refractivity contribution in [1.29, 1.82) is 0 Å². The fourth-order valence-corrected chi connectivity index (χ4v) is 4.06. The predicted octanol–water partition coefficient (Wildman–Crippen LogP) is 3.19. The molecule has 0 saturated carbocycles. The Morgan fingerprint density at radius 3 is 2.52 bits per heavy atom. The monoisotopic (exact) mass is 386 g/mol. The lowest BCUT2D eigenvalue weighted by Crippen LogP contribution is -2.32. The second kappa shape index (κ2) is 9.48. The van der Waals surface area contributed by atoms with E-state index in [2.05, 4.69) is 26.1 Å². The van der Waals surface area contributed by atoms with E-state index >= 15 is 0 Å². The van der Waals surface area contributed by atoms with E-state index in [-0.39, 0.29) is 10.7 Å². The van der Waals surface area contributed by atoms with Gasteiger partial charge in [0.15, 0.2) is 0 Å². The van der Waals surface area contributed by atoms with Crippen LogP contribution in [0, 0.1) is 6.92 Å². The summed E-state index contributed by atoms with van der Waals surface area (Å²) in [5, 5.41) is 2.89. The molecule has 1 N–H and O–H groups in total. The van der Waals surface area contributed by atoms with Crippen LogP contribution in [0.15, 0.2) is 24.3 Å². The van der Waals surface area contributed by atoms with E-state index in [1.807, 2.05) is 25.1 Å². The Kier molecular flexibility index (Phi) is 8.28. The van der Waals surface area contributed by atoms with Crippen LogP contribution >= 0.6 is 11.8 Å². The lowest BCUT2D eigenvalue weighted by atomic mass is 10.2. The van der Waals surface area contributed by atoms with Gasteiger partial charge in [-0.3, -0.25) is 9.10 Å². The molecule has 0 spiro atoms. The molecule has 0 aliphatic heterocycles. The average molecular weight is 387 g/mol. The van der Waals surface area contributed by atoms with Gasteiger partial charge in [0.05, 0.1) is 11.9 Å². The molecule has 5 nitrogen and oxygen atoms in total. The van der Waals surface area contributed by atoms with Crippen molar-refractivity contribution in [3.8, 4) is 0 Å². The molecule has 0 aliphatic rings. The molecule has 1 aromatic rings. The number of carbonyl (C=O) groups excluding carboxylic acids is 1. The molecular formula is C18H30N2O3S2. The van der Waals surface area contributed by atoms with Crippen molar-refractivity contribution >= 4 is 33.4 Å². The molecule has 0 saturated heterocycles. The third-order valence-corrected chi connectivity index (χ3v) is 5.88. The van der Waals surface area contributed by atoms with E-state index in [1.165, 1.54) is 10.6 Å². The number of sulfonamides is 1. The van der Waals surface area contributed by atoms with E-state index < -0.39 is 10.0 Å². The smallest absolute Gasteiger partial charge is 0.232 e. The number of anilines is 1. The lowest BCUT2D eigenvalue weighted by molar-refractivity contribution is -0.121. The first kappa shape index (κ1) is 21.8. The zero-order valence-corrected chi connectivity index (χ0v) is 17.5. The maximum atomic E-state index is 12.0. The van der Waals surface area contributed by atoms with Gasteiger partial charge in [-0.25, -0.2) is 8.42 Å². The van der Waals surface area contributed by atoms with E-state index in [0.717, 1.165) is 11.3 Å². The minimum atomic E-state index is -3.37. The van der Waals surface area contributed by atoms with Crippen LogP contribution in [0.3, 0.4) is 0 Å². The summed E-state index contributed by atoms with van der Waals surface area (Å²) in [5.41, 5.74) is 1.64. The normalized spacial score (nSPS) is 12.0. The first-order chi connectivity index (χ1) is 11.5. The summed E-state index contributed by atoms with van der Waals surface area (Å²) < 4.78 is 25.6. The second-order valence-corrected chi connectivity index (χ2v) is 10.9. The molecule has 0 aliphatic carbocycles. The zero-order valence-electron chi connectivity index (χ0n) is 15.8. The summed E-state index contributed by atoms with van der Waals surface area (Å²) in [7, 11) is -3.37. The highest BCUT2D eigenvalue weighted by molar-refractivity contribution is 8.00. The Morgan fingerprint density at radius 1 is 1.28 bits per heavy atom. The van der Waals surface area contributed by atoms with Gasteiger partial charge in [-0.2, -0.15) is 11.8 Å². The van der Waals surface area contributed by atoms with Crippen LogP contribution in [0.4, 0.5) is 5.69 Å². The van der Waals surface area contributed by atoms with Gasteiger partial charge in [0, 0.05) is 30.0 Å². The molecular weight excluding hydrogens is 356 g/mol.